The summed E-state index contributed by atoms with van der Waals surface area (Å²) in [7, 11) is 0. The van der Waals surface area contributed by atoms with E-state index in [0.29, 0.717) is 0 Å². The Morgan fingerprint density at radius 1 is 0.463 bits per heavy atom. The predicted octanol–water partition coefficient (Wildman–Crippen LogP) is 8.22. The van der Waals surface area contributed by atoms with Crippen molar-refractivity contribution in [1.82, 2.24) is 9.38 Å². The number of benzene rings is 6. The quantitative estimate of drug-likeness (QED) is 0.159. The molecule has 0 aliphatic rings. The topological polar surface area (TPSA) is 17.3 Å². The molecule has 0 bridgehead atoms. The van der Waals surface area contributed by atoms with Crippen LogP contribution in [0.5, 0.6) is 0 Å². The molecule has 0 fully saturated rings. The number of hydrogen-bond acceptors (Lipinski definition) is 2. The molecule has 0 radical (unpaired) electrons. The highest BCUT2D eigenvalue weighted by atomic mass is 32.4. The molecule has 8 rings (SSSR count). The summed E-state index contributed by atoms with van der Waals surface area (Å²) in [6, 6.07) is 51.6. The van der Waals surface area contributed by atoms with E-state index >= 15 is 0 Å². The number of imidazole rings is 1. The molecule has 0 spiro atoms. The van der Waals surface area contributed by atoms with Crippen LogP contribution in [0.4, 0.5) is 0 Å². The van der Waals surface area contributed by atoms with Crippen molar-refractivity contribution in [2.75, 3.05) is 0 Å². The van der Waals surface area contributed by atoms with E-state index in [1.54, 1.807) is 0 Å². The average molecular weight is 561 g/mol. The first-order chi connectivity index (χ1) is 20.2. The second-order valence-corrected chi connectivity index (χ2v) is 14.8. The van der Waals surface area contributed by atoms with Gasteiger partial charge in [0.2, 0.25) is 0 Å². The first-order valence-electron chi connectivity index (χ1n) is 13.8. The highest BCUT2D eigenvalue weighted by Gasteiger charge is 2.25. The minimum absolute atomic E-state index is 0.983. The summed E-state index contributed by atoms with van der Waals surface area (Å²) in [5, 5.41) is 7.18. The summed E-state index contributed by atoms with van der Waals surface area (Å²) >= 11 is 6.64. The summed E-state index contributed by atoms with van der Waals surface area (Å²) in [6.07, 6.45) is 0. The van der Waals surface area contributed by atoms with Crippen molar-refractivity contribution >= 4 is 72.1 Å². The van der Waals surface area contributed by atoms with Gasteiger partial charge in [0, 0.05) is 16.8 Å². The lowest BCUT2D eigenvalue weighted by Crippen LogP contribution is -2.24. The molecule has 0 aliphatic heterocycles. The van der Waals surface area contributed by atoms with Gasteiger partial charge in [0.25, 0.3) is 0 Å². The summed E-state index contributed by atoms with van der Waals surface area (Å²) < 4.78 is 2.30. The van der Waals surface area contributed by atoms with E-state index in [1.165, 1.54) is 32.2 Å². The molecule has 0 aliphatic carbocycles. The van der Waals surface area contributed by atoms with Gasteiger partial charge in [0.05, 0.1) is 16.6 Å². The molecule has 0 unspecified atom stereocenters. The van der Waals surface area contributed by atoms with Crippen LogP contribution >= 0.6 is 6.04 Å². The van der Waals surface area contributed by atoms with Crippen molar-refractivity contribution in [3.05, 3.63) is 152 Å². The zero-order chi connectivity index (χ0) is 27.4. The van der Waals surface area contributed by atoms with Crippen LogP contribution in [-0.4, -0.2) is 9.38 Å². The van der Waals surface area contributed by atoms with E-state index < -0.39 is 6.04 Å². The fraction of sp³-hybridized carbons (Fsp3) is 0. The van der Waals surface area contributed by atoms with Gasteiger partial charge in [-0.3, -0.25) is 4.40 Å². The summed E-state index contributed by atoms with van der Waals surface area (Å²) in [4.78, 5) is 5.12. The molecular weight excluding hydrogens is 535 g/mol. The molecular formula is C37H25N2PS. The van der Waals surface area contributed by atoms with Gasteiger partial charge in [0.1, 0.15) is 5.65 Å². The zero-order valence-corrected chi connectivity index (χ0v) is 23.9. The Morgan fingerprint density at radius 2 is 1.07 bits per heavy atom. The highest BCUT2D eigenvalue weighted by Crippen LogP contribution is 2.43. The lowest BCUT2D eigenvalue weighted by atomic mass is 9.99. The molecule has 194 valence electrons. The van der Waals surface area contributed by atoms with E-state index in [4.69, 9.17) is 16.8 Å². The maximum atomic E-state index is 6.64. The molecule has 8 aromatic rings. The number of hydrogen-bond donors (Lipinski definition) is 0. The number of para-hydroxylation sites is 3. The standard InChI is InChI=1S/C37H25N2PS/c41-40(28-13-3-1-4-14-28,29-15-5-2-6-16-29)30-17-11-12-26(24-30)27-22-23-31-32-18-7-9-20-35(32)39-36-21-10-8-19-34(36)38-37(39)33(31)25-27/h1-25H. The molecule has 2 aromatic heterocycles. The molecule has 0 saturated carbocycles. The number of rotatable bonds is 4. The monoisotopic (exact) mass is 560 g/mol. The first-order valence-corrected chi connectivity index (χ1v) is 16.6. The van der Waals surface area contributed by atoms with Crippen molar-refractivity contribution in [1.29, 1.82) is 0 Å². The Labute approximate surface area is 243 Å². The molecule has 6 aromatic carbocycles. The second kappa shape index (κ2) is 9.52. The van der Waals surface area contributed by atoms with Crippen LogP contribution < -0.4 is 15.9 Å². The predicted molar refractivity (Wildman–Crippen MR) is 179 cm³/mol. The zero-order valence-electron chi connectivity index (χ0n) is 22.2. The fourth-order valence-corrected chi connectivity index (χ4v) is 9.86. The van der Waals surface area contributed by atoms with Gasteiger partial charge in [-0.15, -0.1) is 0 Å². The van der Waals surface area contributed by atoms with Crippen molar-refractivity contribution in [2.24, 2.45) is 0 Å². The molecule has 41 heavy (non-hydrogen) atoms. The van der Waals surface area contributed by atoms with Crippen LogP contribution in [-0.2, 0) is 11.8 Å². The van der Waals surface area contributed by atoms with Gasteiger partial charge in [-0.1, -0.05) is 133 Å². The summed E-state index contributed by atoms with van der Waals surface area (Å²) in [5.74, 6) is 0. The molecule has 0 atom stereocenters. The lowest BCUT2D eigenvalue weighted by Gasteiger charge is -2.24. The third-order valence-electron chi connectivity index (χ3n) is 8.04. The largest absolute Gasteiger partial charge is 0.292 e. The number of pyridine rings is 1. The maximum absolute atomic E-state index is 6.64. The van der Waals surface area contributed by atoms with Gasteiger partial charge >= 0.3 is 0 Å². The lowest BCUT2D eigenvalue weighted by molar-refractivity contribution is 1.31. The molecule has 0 amide bonds. The SMILES string of the molecule is S=P(c1ccccc1)(c1ccccc1)c1cccc(-c2ccc3c4ccccc4n4c5ccccc5nc4c3c2)c1. The van der Waals surface area contributed by atoms with Crippen LogP contribution in [0, 0.1) is 0 Å². The van der Waals surface area contributed by atoms with Crippen LogP contribution in [0.2, 0.25) is 0 Å². The van der Waals surface area contributed by atoms with Gasteiger partial charge < -0.3 is 0 Å². The van der Waals surface area contributed by atoms with Crippen molar-refractivity contribution in [3.8, 4) is 11.1 Å². The minimum Gasteiger partial charge on any atom is -0.292 e. The van der Waals surface area contributed by atoms with Gasteiger partial charge in [0.15, 0.2) is 0 Å². The number of fused-ring (bicyclic) bond motifs is 8. The molecule has 2 nitrogen and oxygen atoms in total. The van der Waals surface area contributed by atoms with Crippen molar-refractivity contribution in [3.63, 3.8) is 0 Å². The van der Waals surface area contributed by atoms with E-state index in [1.807, 2.05) is 0 Å². The normalized spacial score (nSPS) is 12.0. The Bertz CT molecular complexity index is 2240. The Balaban J connectivity index is 1.37. The van der Waals surface area contributed by atoms with E-state index in [2.05, 4.69) is 156 Å². The molecule has 4 heteroatoms. The Morgan fingerprint density at radius 3 is 1.83 bits per heavy atom. The third kappa shape index (κ3) is 3.78. The maximum Gasteiger partial charge on any atom is 0.146 e. The van der Waals surface area contributed by atoms with E-state index in [9.17, 15) is 0 Å². The van der Waals surface area contributed by atoms with Crippen LogP contribution in [0.25, 0.3) is 49.5 Å². The van der Waals surface area contributed by atoms with Crippen molar-refractivity contribution < 1.29 is 0 Å². The minimum atomic E-state index is -2.25. The Kier molecular flexibility index (Phi) is 5.63. The average Bonchev–Trinajstić information content (AvgIpc) is 3.45. The second-order valence-electron chi connectivity index (χ2n) is 10.4. The van der Waals surface area contributed by atoms with Gasteiger partial charge in [-0.25, -0.2) is 4.98 Å². The van der Waals surface area contributed by atoms with E-state index in [-0.39, 0.29) is 0 Å². The molecule has 2 heterocycles. The van der Waals surface area contributed by atoms with Crippen LogP contribution in [0.3, 0.4) is 0 Å². The first kappa shape index (κ1) is 24.3. The highest BCUT2D eigenvalue weighted by molar-refractivity contribution is 8.25. The van der Waals surface area contributed by atoms with Gasteiger partial charge in [-0.05, 0) is 62.8 Å². The smallest absolute Gasteiger partial charge is 0.146 e. The van der Waals surface area contributed by atoms with E-state index in [0.717, 1.165) is 33.2 Å². The van der Waals surface area contributed by atoms with Gasteiger partial charge in [-0.2, -0.15) is 0 Å². The summed E-state index contributed by atoms with van der Waals surface area (Å²) in [6.45, 7) is 0. The molecule has 0 N–H and O–H groups in total. The van der Waals surface area contributed by atoms with Crippen LogP contribution in [0.1, 0.15) is 0 Å². The summed E-state index contributed by atoms with van der Waals surface area (Å²) in [5.41, 5.74) is 6.60. The third-order valence-corrected chi connectivity index (χ3v) is 13.0. The Hall–Kier alpha value is -4.56. The van der Waals surface area contributed by atoms with Crippen LogP contribution in [0.15, 0.2) is 152 Å². The molecule has 0 saturated heterocycles. The van der Waals surface area contributed by atoms with Crippen molar-refractivity contribution in [2.45, 2.75) is 0 Å². The number of aromatic nitrogens is 2. The number of nitrogens with zero attached hydrogens (tertiary/aromatic N) is 2. The fourth-order valence-electron chi connectivity index (χ4n) is 6.09.